The number of carbonyl (C=O) groups excluding carboxylic acids is 1. The lowest BCUT2D eigenvalue weighted by Crippen LogP contribution is -2.27. The van der Waals surface area contributed by atoms with Gasteiger partial charge in [-0.15, -0.1) is 0 Å². The molecule has 0 aliphatic heterocycles. The normalized spacial score (nSPS) is 10.6. The van der Waals surface area contributed by atoms with Crippen LogP contribution >= 0.6 is 11.6 Å². The Kier molecular flexibility index (Phi) is 15.7. The molecule has 8 rings (SSSR count). The monoisotopic (exact) mass is 847 g/mol. The fraction of sp³-hybridized carbons (Fsp3) is 0.256. The number of pyridine rings is 2. The Morgan fingerprint density at radius 3 is 1.85 bits per heavy atom. The van der Waals surface area contributed by atoms with E-state index in [0.29, 0.717) is 57.9 Å². The molecule has 0 fully saturated rings. The molecule has 18 heteroatoms. The van der Waals surface area contributed by atoms with Crippen molar-refractivity contribution >= 4 is 76.2 Å². The van der Waals surface area contributed by atoms with E-state index in [-0.39, 0.29) is 32.5 Å². The quantitative estimate of drug-likeness (QED) is 0.105. The summed E-state index contributed by atoms with van der Waals surface area (Å²) in [5.74, 6) is 0.494. The second-order valence-electron chi connectivity index (χ2n) is 13.7. The van der Waals surface area contributed by atoms with E-state index in [9.17, 15) is 14.7 Å². The molecule has 6 heterocycles. The lowest BCUT2D eigenvalue weighted by Gasteiger charge is -2.25. The molecule has 8 aromatic rings. The number of carboxylic acid groups (broad SMARTS) is 1. The number of hydrogen-bond acceptors (Lipinski definition) is 13. The fourth-order valence-electron chi connectivity index (χ4n) is 5.69. The molecule has 0 aliphatic carbocycles. The van der Waals surface area contributed by atoms with Crippen molar-refractivity contribution in [3.63, 3.8) is 0 Å². The molecular weight excluding hydrogens is 799 g/mol. The summed E-state index contributed by atoms with van der Waals surface area (Å²) < 4.78 is 13.2. The summed E-state index contributed by atoms with van der Waals surface area (Å²) in [6, 6.07) is 17.7. The van der Waals surface area contributed by atoms with Crippen LogP contribution in [0.4, 0.5) is 11.6 Å². The van der Waals surface area contributed by atoms with Crippen molar-refractivity contribution in [1.29, 1.82) is 0 Å². The van der Waals surface area contributed by atoms with E-state index >= 15 is 0 Å². The van der Waals surface area contributed by atoms with Gasteiger partial charge in [-0.2, -0.15) is 0 Å². The summed E-state index contributed by atoms with van der Waals surface area (Å²) >= 11 is 6.16. The molecule has 0 saturated carbocycles. The Bertz CT molecular complexity index is 2780. The van der Waals surface area contributed by atoms with Crippen LogP contribution in [0.25, 0.3) is 44.6 Å². The van der Waals surface area contributed by atoms with Crippen molar-refractivity contribution in [2.24, 2.45) is 0 Å². The number of rotatable bonds is 9. The van der Waals surface area contributed by atoms with E-state index in [4.69, 9.17) is 36.0 Å². The largest absolute Gasteiger partial charge is 0.569 e. The number of carbonyl (C=O) groups is 2. The molecule has 6 aromatic heterocycles. The molecular formula is C43H49BClN10O6. The Morgan fingerprint density at radius 2 is 1.26 bits per heavy atom. The number of hydrogen-bond donors (Lipinski definition) is 2. The maximum Gasteiger partial charge on any atom is 0.569 e. The highest BCUT2D eigenvalue weighted by molar-refractivity contribution is 6.32. The predicted molar refractivity (Wildman–Crippen MR) is 241 cm³/mol. The Balaban J connectivity index is 0.000000212. The first kappa shape index (κ1) is 46.8. The highest BCUT2D eigenvalue weighted by atomic mass is 35.5. The van der Waals surface area contributed by atoms with Crippen LogP contribution in [0.3, 0.4) is 0 Å². The molecule has 1 radical (unpaired) electrons. The number of methoxy groups -OCH3 is 1. The van der Waals surface area contributed by atoms with Crippen molar-refractivity contribution in [3.05, 3.63) is 114 Å². The van der Waals surface area contributed by atoms with Crippen LogP contribution in [-0.4, -0.2) is 102 Å². The molecule has 0 amide bonds. The number of halogens is 1. The van der Waals surface area contributed by atoms with Crippen molar-refractivity contribution in [2.45, 2.75) is 54.6 Å². The standard InChI is InChI=1S/C20H19N5O2.C14H16ClN3O2.C7H6BN2O2.2CH4/c1-12(2)24(3)19-18(14-5-7-17-21-8-9-25(17)11-14)22-15-6-4-13(20(26)27)10-16(15)23-19;1-8(2)18(3)13-12(15)16-10-6-5-9(14(19)20-4)7-11(10)17-13;11-8-12-6-1-2-7-9-3-4-10(7)5-6;;/h4-12H,1-3H3,(H,26,27);5-8H,1-4H3;1-5,11H;2*1H4. The number of aromatic nitrogens is 8. The second-order valence-corrected chi connectivity index (χ2v) is 14.1. The van der Waals surface area contributed by atoms with Gasteiger partial charge in [0.2, 0.25) is 0 Å². The molecule has 2 aromatic carbocycles. The van der Waals surface area contributed by atoms with E-state index in [0.717, 1.165) is 22.6 Å². The Hall–Kier alpha value is -6.85. The fourth-order valence-corrected chi connectivity index (χ4v) is 5.96. The molecule has 2 N–H and O–H groups in total. The average molecular weight is 848 g/mol. The van der Waals surface area contributed by atoms with Crippen molar-refractivity contribution < 1.29 is 29.1 Å². The molecule has 61 heavy (non-hydrogen) atoms. The zero-order valence-electron chi connectivity index (χ0n) is 33.3. The van der Waals surface area contributed by atoms with Gasteiger partial charge in [-0.3, -0.25) is 0 Å². The van der Waals surface area contributed by atoms with Gasteiger partial charge in [0.15, 0.2) is 16.8 Å². The summed E-state index contributed by atoms with van der Waals surface area (Å²) in [5, 5.41) is 18.0. The molecule has 0 saturated heterocycles. The van der Waals surface area contributed by atoms with Crippen molar-refractivity contribution in [1.82, 2.24) is 38.7 Å². The SMILES string of the molecule is C.C.CC(C)N(C)c1nc2cc(C(=O)O)ccc2nc1-c1ccc2nccn2c1.COC(=O)c1ccc2nc(Cl)c(N(C)C(C)C)nc2c1.O[B]Oc1ccc2nccn2c1. The minimum Gasteiger partial charge on any atom is -0.536 e. The summed E-state index contributed by atoms with van der Waals surface area (Å²) in [4.78, 5) is 53.5. The number of carboxylic acids is 1. The first-order chi connectivity index (χ1) is 28.3. The summed E-state index contributed by atoms with van der Waals surface area (Å²) in [6.07, 6.45) is 10.8. The van der Waals surface area contributed by atoms with E-state index in [2.05, 4.69) is 33.8 Å². The topological polar surface area (TPSA) is 186 Å². The molecule has 16 nitrogen and oxygen atoms in total. The first-order valence-electron chi connectivity index (χ1n) is 18.3. The number of anilines is 2. The number of imidazole rings is 2. The number of benzene rings is 2. The number of nitrogens with zero attached hydrogens (tertiary/aromatic N) is 10. The number of ether oxygens (including phenoxy) is 1. The van der Waals surface area contributed by atoms with Crippen LogP contribution in [0.2, 0.25) is 5.15 Å². The third-order valence-corrected chi connectivity index (χ3v) is 9.60. The minimum atomic E-state index is -0.980. The molecule has 0 spiro atoms. The van der Waals surface area contributed by atoms with E-state index in [1.165, 1.54) is 7.11 Å². The predicted octanol–water partition coefficient (Wildman–Crippen LogP) is 7.91. The Labute approximate surface area is 359 Å². The molecule has 0 aliphatic rings. The molecule has 0 atom stereocenters. The van der Waals surface area contributed by atoms with Crippen LogP contribution in [0.1, 0.15) is 63.3 Å². The van der Waals surface area contributed by atoms with Gasteiger partial charge in [0.25, 0.3) is 0 Å². The average Bonchev–Trinajstić information content (AvgIpc) is 3.91. The van der Waals surface area contributed by atoms with Crippen LogP contribution < -0.4 is 14.5 Å². The summed E-state index contributed by atoms with van der Waals surface area (Å²) in [5.41, 5.74) is 6.47. The van der Waals surface area contributed by atoms with Crippen LogP contribution in [0.5, 0.6) is 5.75 Å². The zero-order chi connectivity index (χ0) is 42.4. The van der Waals surface area contributed by atoms with Crippen LogP contribution in [0, 0.1) is 0 Å². The third kappa shape index (κ3) is 10.7. The summed E-state index contributed by atoms with van der Waals surface area (Å²) in [6.45, 7) is 8.21. The van der Waals surface area contributed by atoms with E-state index in [1.807, 2.05) is 66.7 Å². The lowest BCUT2D eigenvalue weighted by atomic mass is 10.1. The lowest BCUT2D eigenvalue weighted by molar-refractivity contribution is 0.0600. The van der Waals surface area contributed by atoms with Crippen molar-refractivity contribution in [3.8, 4) is 17.0 Å². The molecule has 317 valence electrons. The van der Waals surface area contributed by atoms with Gasteiger partial charge >= 0.3 is 19.6 Å². The van der Waals surface area contributed by atoms with Gasteiger partial charge in [0, 0.05) is 62.7 Å². The second kappa shape index (κ2) is 20.4. The van der Waals surface area contributed by atoms with E-state index < -0.39 is 11.9 Å². The van der Waals surface area contributed by atoms with Gasteiger partial charge in [0.05, 0.1) is 46.5 Å². The number of aromatic carboxylic acids is 1. The van der Waals surface area contributed by atoms with Gasteiger partial charge in [-0.25, -0.2) is 39.5 Å². The van der Waals surface area contributed by atoms with Gasteiger partial charge in [-0.05, 0) is 88.4 Å². The Morgan fingerprint density at radius 1 is 0.721 bits per heavy atom. The van der Waals surface area contributed by atoms with E-state index in [1.54, 1.807) is 77.7 Å². The maximum absolute atomic E-state index is 11.5. The molecule has 0 bridgehead atoms. The first-order valence-corrected chi connectivity index (χ1v) is 18.7. The van der Waals surface area contributed by atoms with Crippen molar-refractivity contribution in [2.75, 3.05) is 31.0 Å². The van der Waals surface area contributed by atoms with Gasteiger partial charge in [0.1, 0.15) is 22.7 Å². The van der Waals surface area contributed by atoms with Gasteiger partial charge < -0.3 is 38.1 Å². The van der Waals surface area contributed by atoms with Crippen LogP contribution in [0.15, 0.2) is 97.8 Å². The van der Waals surface area contributed by atoms with Crippen LogP contribution in [-0.2, 0) is 4.74 Å². The van der Waals surface area contributed by atoms with Gasteiger partial charge in [-0.1, -0.05) is 26.5 Å². The minimum absolute atomic E-state index is 0. The highest BCUT2D eigenvalue weighted by Crippen LogP contribution is 2.31. The number of fused-ring (bicyclic) bond motifs is 4. The zero-order valence-corrected chi connectivity index (χ0v) is 34.1. The number of esters is 1. The molecule has 0 unspecified atom stereocenters. The summed E-state index contributed by atoms with van der Waals surface area (Å²) in [7, 11) is 5.85. The third-order valence-electron chi connectivity index (χ3n) is 9.35. The highest BCUT2D eigenvalue weighted by Gasteiger charge is 2.19. The maximum atomic E-state index is 11.5. The smallest absolute Gasteiger partial charge is 0.536 e.